The van der Waals surface area contributed by atoms with Crippen molar-refractivity contribution in [2.24, 2.45) is 0 Å². The third kappa shape index (κ3) is 1.45. The summed E-state index contributed by atoms with van der Waals surface area (Å²) in [5, 5.41) is 8.31. The molecule has 0 radical (unpaired) electrons. The van der Waals surface area contributed by atoms with Gasteiger partial charge in [-0.2, -0.15) is 5.26 Å². The Hall–Kier alpha value is -0.990. The Morgan fingerprint density at radius 1 is 1.44 bits per heavy atom. The molecule has 1 rings (SSSR count). The number of nitrogens with zero attached hydrogens (tertiary/aromatic N) is 1. The average Bonchev–Trinajstić information content (AvgIpc) is 1.90. The third-order valence-corrected chi connectivity index (χ3v) is 1.30. The number of rotatable bonds is 0. The molecule has 0 heterocycles. The molecule has 0 atom stereocenters. The lowest BCUT2D eigenvalue weighted by atomic mass is 10.3. The summed E-state index contributed by atoms with van der Waals surface area (Å²) in [6.07, 6.45) is 0. The first kappa shape index (κ1) is 6.13. The van der Waals surface area contributed by atoms with E-state index in [2.05, 4.69) is 28.1 Å². The summed E-state index contributed by atoms with van der Waals surface area (Å²) in [4.78, 5) is 0. The fourth-order valence-electron chi connectivity index (χ4n) is 0.432. The molecule has 0 N–H and O–H groups in total. The van der Waals surface area contributed by atoms with Gasteiger partial charge in [0.1, 0.15) is 11.6 Å². The first-order valence-electron chi connectivity index (χ1n) is 2.32. The summed E-state index contributed by atoms with van der Waals surface area (Å²) >= 11 is 3.18. The topological polar surface area (TPSA) is 23.8 Å². The second-order valence-corrected chi connectivity index (χ2v) is 2.31. The maximum absolute atomic E-state index is 8.31. The number of halogens is 1. The van der Waals surface area contributed by atoms with Crippen molar-refractivity contribution in [2.45, 2.75) is 0 Å². The summed E-state index contributed by atoms with van der Waals surface area (Å²) in [7, 11) is 0. The third-order valence-electron chi connectivity index (χ3n) is 0.833. The molecule has 2 heteroatoms. The molecule has 1 aromatic rings. The number of nitriles is 1. The lowest BCUT2D eigenvalue weighted by Gasteiger charge is -1.79. The lowest BCUT2D eigenvalue weighted by molar-refractivity contribution is 1.49. The van der Waals surface area contributed by atoms with Crippen molar-refractivity contribution in [3.8, 4) is 6.07 Å². The molecular weight excluding hydrogens is 178 g/mol. The van der Waals surface area contributed by atoms with Gasteiger partial charge in [-0.25, -0.2) is 0 Å². The van der Waals surface area contributed by atoms with Crippen LogP contribution in [0.4, 0.5) is 0 Å². The predicted molar refractivity (Wildman–Crippen MR) is 36.5 cm³/mol. The molecule has 0 aliphatic carbocycles. The Bertz CT molecular complexity index is 232. The van der Waals surface area contributed by atoms with E-state index in [4.69, 9.17) is 5.26 Å². The molecule has 1 aromatic carbocycles. The van der Waals surface area contributed by atoms with Gasteiger partial charge >= 0.3 is 0 Å². The van der Waals surface area contributed by atoms with Crippen LogP contribution in [-0.2, 0) is 0 Å². The molecule has 0 amide bonds. The molecule has 0 bridgehead atoms. The highest BCUT2D eigenvalue weighted by molar-refractivity contribution is 9.10. The van der Waals surface area contributed by atoms with Crippen LogP contribution in [0.1, 0.15) is 5.56 Å². The summed E-state index contributed by atoms with van der Waals surface area (Å²) in [5.74, 6) is 0. The van der Waals surface area contributed by atoms with Crippen molar-refractivity contribution in [3.63, 3.8) is 0 Å². The monoisotopic (exact) mass is 179 g/mol. The minimum absolute atomic E-state index is 0.512. The van der Waals surface area contributed by atoms with Crippen LogP contribution in [0.5, 0.6) is 0 Å². The van der Waals surface area contributed by atoms with Crippen molar-refractivity contribution in [3.05, 3.63) is 34.3 Å². The Kier molecular flexibility index (Phi) is 1.72. The van der Waals surface area contributed by atoms with Gasteiger partial charge in [0.15, 0.2) is 0 Å². The minimum Gasteiger partial charge on any atom is -0.192 e. The maximum atomic E-state index is 8.31. The predicted octanol–water partition coefficient (Wildman–Crippen LogP) is 1.92. The van der Waals surface area contributed by atoms with Gasteiger partial charge < -0.3 is 0 Å². The fourth-order valence-corrected chi connectivity index (χ4v) is 0.663. The zero-order chi connectivity index (χ0) is 6.69. The Morgan fingerprint density at radius 2 is 2.22 bits per heavy atom. The Morgan fingerprint density at radius 3 is 2.67 bits per heavy atom. The summed E-state index contributed by atoms with van der Waals surface area (Å²) < 4.78 is 0.821. The summed E-state index contributed by atoms with van der Waals surface area (Å²) in [6, 6.07) is 10.8. The highest BCUT2D eigenvalue weighted by atomic mass is 79.9. The normalized spacial score (nSPS) is 7.56. The molecular formula is C7H2BrN. The highest BCUT2D eigenvalue weighted by Crippen LogP contribution is 2.03. The second-order valence-electron chi connectivity index (χ2n) is 1.46. The second kappa shape index (κ2) is 2.53. The van der Waals surface area contributed by atoms with Crippen LogP contribution in [0.25, 0.3) is 0 Å². The molecule has 0 saturated heterocycles. The molecule has 1 nitrogen and oxygen atoms in total. The first-order valence-corrected chi connectivity index (χ1v) is 3.12. The molecule has 0 aromatic heterocycles. The molecule has 9 heavy (non-hydrogen) atoms. The Labute approximate surface area is 62.1 Å². The molecule has 0 unspecified atom stereocenters. The van der Waals surface area contributed by atoms with Crippen molar-refractivity contribution >= 4 is 15.9 Å². The largest absolute Gasteiger partial charge is 0.192 e. The van der Waals surface area contributed by atoms with Gasteiger partial charge in [0.05, 0.1) is 4.47 Å². The average molecular weight is 180 g/mol. The van der Waals surface area contributed by atoms with E-state index >= 15 is 0 Å². The molecule has 42 valence electrons. The summed E-state index contributed by atoms with van der Waals surface area (Å²) in [5.41, 5.74) is 0.512. The van der Waals surface area contributed by atoms with Crippen molar-refractivity contribution in [1.82, 2.24) is 0 Å². The fraction of sp³-hybridized carbons (Fsp3) is 0. The molecule has 0 fully saturated rings. The van der Waals surface area contributed by atoms with Gasteiger partial charge in [0, 0.05) is 0 Å². The Balaban J connectivity index is 3.06. The van der Waals surface area contributed by atoms with Crippen molar-refractivity contribution in [1.29, 1.82) is 5.26 Å². The molecule has 0 aliphatic heterocycles. The minimum atomic E-state index is 0.512. The quantitative estimate of drug-likeness (QED) is 0.598. The van der Waals surface area contributed by atoms with Crippen LogP contribution >= 0.6 is 15.9 Å². The van der Waals surface area contributed by atoms with Crippen LogP contribution in [0.3, 0.4) is 0 Å². The van der Waals surface area contributed by atoms with Gasteiger partial charge in [0.25, 0.3) is 0 Å². The van der Waals surface area contributed by atoms with Crippen LogP contribution in [0.15, 0.2) is 16.6 Å². The van der Waals surface area contributed by atoms with E-state index in [-0.39, 0.29) is 0 Å². The van der Waals surface area contributed by atoms with Gasteiger partial charge in [-0.3, -0.25) is 0 Å². The van der Waals surface area contributed by atoms with Gasteiger partial charge in [-0.15, -0.1) is 0 Å². The van der Waals surface area contributed by atoms with Gasteiger partial charge in [-0.1, -0.05) is 6.07 Å². The van der Waals surface area contributed by atoms with E-state index in [1.54, 1.807) is 12.1 Å². The van der Waals surface area contributed by atoms with Crippen LogP contribution in [0.2, 0.25) is 0 Å². The van der Waals surface area contributed by atoms with Crippen molar-refractivity contribution in [2.75, 3.05) is 0 Å². The van der Waals surface area contributed by atoms with E-state index < -0.39 is 0 Å². The van der Waals surface area contributed by atoms with E-state index in [1.165, 1.54) is 0 Å². The molecule has 0 spiro atoms. The van der Waals surface area contributed by atoms with E-state index in [1.807, 2.05) is 6.07 Å². The zero-order valence-corrected chi connectivity index (χ0v) is 6.07. The number of hydrogen-bond acceptors (Lipinski definition) is 1. The van der Waals surface area contributed by atoms with Crippen molar-refractivity contribution < 1.29 is 0 Å². The number of hydrogen-bond donors (Lipinski definition) is 0. The van der Waals surface area contributed by atoms with E-state index in [0.29, 0.717) is 5.56 Å². The lowest BCUT2D eigenvalue weighted by Crippen LogP contribution is -1.66. The smallest absolute Gasteiger partial charge is 0.108 e. The molecule has 0 aliphatic rings. The van der Waals surface area contributed by atoms with Gasteiger partial charge in [0.2, 0.25) is 0 Å². The maximum Gasteiger partial charge on any atom is 0.108 e. The van der Waals surface area contributed by atoms with E-state index in [0.717, 1.165) is 4.47 Å². The molecule has 0 saturated carbocycles. The van der Waals surface area contributed by atoms with Crippen LogP contribution < -0.4 is 0 Å². The summed E-state index contributed by atoms with van der Waals surface area (Å²) in [6.45, 7) is 0. The SMILES string of the molecule is N#Cc1c#cc(Br)cc1. The van der Waals surface area contributed by atoms with E-state index in [9.17, 15) is 0 Å². The zero-order valence-electron chi connectivity index (χ0n) is 4.48. The van der Waals surface area contributed by atoms with Crippen LogP contribution in [0, 0.1) is 23.5 Å². The first-order chi connectivity index (χ1) is 4.33. The van der Waals surface area contributed by atoms with Crippen LogP contribution in [-0.4, -0.2) is 0 Å². The highest BCUT2D eigenvalue weighted by Gasteiger charge is 1.83. The van der Waals surface area contributed by atoms with Gasteiger partial charge in [-0.05, 0) is 34.1 Å². The standard InChI is InChI=1S/C7H2BrN/c8-7-3-1-6(5-9)2-4-7/h1,3H.